The van der Waals surface area contributed by atoms with E-state index >= 15 is 0 Å². The van der Waals surface area contributed by atoms with Crippen LogP contribution >= 0.6 is 15.9 Å². The van der Waals surface area contributed by atoms with E-state index in [1.165, 1.54) is 0 Å². The second kappa shape index (κ2) is 4.92. The van der Waals surface area contributed by atoms with E-state index in [0.717, 1.165) is 4.47 Å². The number of aromatic nitrogens is 3. The molecule has 0 aromatic carbocycles. The van der Waals surface area contributed by atoms with E-state index in [2.05, 4.69) is 25.9 Å². The summed E-state index contributed by atoms with van der Waals surface area (Å²) in [6.07, 6.45) is 2.64. The number of nitrogens with zero attached hydrogens (tertiary/aromatic N) is 3. The lowest BCUT2D eigenvalue weighted by Gasteiger charge is -2.29. The maximum Gasteiger partial charge on any atom is 0.329 e. The smallest absolute Gasteiger partial charge is 0.329 e. The molecule has 0 saturated heterocycles. The van der Waals surface area contributed by atoms with Crippen molar-refractivity contribution >= 4 is 33.1 Å². The molecule has 0 bridgehead atoms. The standard InChI is InChI=1S/C13H16BrN3O2/c1-4-13(5-2,12(18)19)17-8(3)16-10-6-9(14)7-15-11(10)17/h6-7H,4-5H2,1-3H3,(H,18,19). The predicted octanol–water partition coefficient (Wildman–Crippen LogP) is 3.10. The van der Waals surface area contributed by atoms with Crippen LogP contribution in [-0.4, -0.2) is 25.6 Å². The van der Waals surface area contributed by atoms with E-state index < -0.39 is 11.5 Å². The first-order valence-corrected chi connectivity index (χ1v) is 7.00. The van der Waals surface area contributed by atoms with Crippen molar-refractivity contribution in [3.05, 3.63) is 22.6 Å². The van der Waals surface area contributed by atoms with Gasteiger partial charge in [0.1, 0.15) is 16.9 Å². The molecule has 2 rings (SSSR count). The summed E-state index contributed by atoms with van der Waals surface area (Å²) in [4.78, 5) is 20.5. The molecule has 0 aliphatic rings. The molecular weight excluding hydrogens is 310 g/mol. The van der Waals surface area contributed by atoms with Gasteiger partial charge in [0.05, 0.1) is 0 Å². The zero-order chi connectivity index (χ0) is 14.2. The van der Waals surface area contributed by atoms with Gasteiger partial charge in [-0.1, -0.05) is 13.8 Å². The van der Waals surface area contributed by atoms with Crippen LogP contribution in [0.5, 0.6) is 0 Å². The van der Waals surface area contributed by atoms with Crippen molar-refractivity contribution in [2.24, 2.45) is 0 Å². The zero-order valence-electron chi connectivity index (χ0n) is 11.1. The first kappa shape index (κ1) is 14.0. The molecule has 0 unspecified atom stereocenters. The van der Waals surface area contributed by atoms with Gasteiger partial charge < -0.3 is 5.11 Å². The number of fused-ring (bicyclic) bond motifs is 1. The van der Waals surface area contributed by atoms with E-state index in [1.807, 2.05) is 26.8 Å². The fraction of sp³-hybridized carbons (Fsp3) is 0.462. The average Bonchev–Trinajstić information content (AvgIpc) is 2.68. The van der Waals surface area contributed by atoms with Gasteiger partial charge in [-0.2, -0.15) is 0 Å². The second-order valence-corrected chi connectivity index (χ2v) is 5.45. The van der Waals surface area contributed by atoms with Gasteiger partial charge >= 0.3 is 5.97 Å². The number of carboxylic acids is 1. The van der Waals surface area contributed by atoms with Crippen LogP contribution in [0.1, 0.15) is 32.5 Å². The van der Waals surface area contributed by atoms with Crippen LogP contribution in [0, 0.1) is 6.92 Å². The van der Waals surface area contributed by atoms with Crippen LogP contribution < -0.4 is 0 Å². The predicted molar refractivity (Wildman–Crippen MR) is 76.2 cm³/mol. The van der Waals surface area contributed by atoms with E-state index in [0.29, 0.717) is 29.8 Å². The van der Waals surface area contributed by atoms with Crippen molar-refractivity contribution in [3.63, 3.8) is 0 Å². The highest BCUT2D eigenvalue weighted by molar-refractivity contribution is 9.10. The molecule has 0 saturated carbocycles. The van der Waals surface area contributed by atoms with Crippen molar-refractivity contribution in [3.8, 4) is 0 Å². The minimum atomic E-state index is -0.986. The molecule has 2 aromatic rings. The van der Waals surface area contributed by atoms with Gasteiger partial charge in [0, 0.05) is 10.7 Å². The highest BCUT2D eigenvalue weighted by atomic mass is 79.9. The normalized spacial score (nSPS) is 12.0. The number of rotatable bonds is 4. The molecule has 19 heavy (non-hydrogen) atoms. The largest absolute Gasteiger partial charge is 0.479 e. The van der Waals surface area contributed by atoms with Crippen LogP contribution in [0.2, 0.25) is 0 Å². The Labute approximate surface area is 119 Å². The van der Waals surface area contributed by atoms with E-state index in [-0.39, 0.29) is 0 Å². The summed E-state index contributed by atoms with van der Waals surface area (Å²) in [6, 6.07) is 1.85. The minimum Gasteiger partial charge on any atom is -0.479 e. The number of aliphatic carboxylic acids is 1. The van der Waals surface area contributed by atoms with Crippen molar-refractivity contribution in [1.29, 1.82) is 0 Å². The summed E-state index contributed by atoms with van der Waals surface area (Å²) in [5.41, 5.74) is 0.339. The Balaban J connectivity index is 2.80. The Kier molecular flexibility index (Phi) is 3.62. The fourth-order valence-corrected chi connectivity index (χ4v) is 2.85. The third-order valence-corrected chi connectivity index (χ3v) is 4.06. The van der Waals surface area contributed by atoms with Gasteiger partial charge in [-0.3, -0.25) is 4.57 Å². The fourth-order valence-electron chi connectivity index (χ4n) is 2.53. The molecule has 0 aliphatic heterocycles. The summed E-state index contributed by atoms with van der Waals surface area (Å²) in [7, 11) is 0. The number of imidazole rings is 1. The molecule has 2 heterocycles. The second-order valence-electron chi connectivity index (χ2n) is 4.53. The summed E-state index contributed by atoms with van der Waals surface area (Å²) in [5, 5.41) is 9.65. The molecule has 5 nitrogen and oxygen atoms in total. The first-order valence-electron chi connectivity index (χ1n) is 6.20. The number of carboxylic acid groups (broad SMARTS) is 1. The molecule has 1 N–H and O–H groups in total. The van der Waals surface area contributed by atoms with E-state index in [1.54, 1.807) is 10.8 Å². The van der Waals surface area contributed by atoms with Gasteiger partial charge in [-0.25, -0.2) is 14.8 Å². The highest BCUT2D eigenvalue weighted by Crippen LogP contribution is 2.31. The summed E-state index contributed by atoms with van der Waals surface area (Å²) >= 11 is 3.35. The Hall–Kier alpha value is -1.43. The zero-order valence-corrected chi connectivity index (χ0v) is 12.7. The third kappa shape index (κ3) is 2.04. The molecule has 2 aromatic heterocycles. The number of hydrogen-bond acceptors (Lipinski definition) is 3. The van der Waals surface area contributed by atoms with Gasteiger partial charge in [-0.15, -0.1) is 0 Å². The summed E-state index contributed by atoms with van der Waals surface area (Å²) in [6.45, 7) is 5.57. The van der Waals surface area contributed by atoms with Crippen molar-refractivity contribution in [2.45, 2.75) is 39.2 Å². The molecule has 0 spiro atoms. The SMILES string of the molecule is CCC(CC)(C(=O)O)n1c(C)nc2cc(Br)cnc21. The number of pyridine rings is 1. The topological polar surface area (TPSA) is 68.0 Å². The van der Waals surface area contributed by atoms with Gasteiger partial charge in [0.2, 0.25) is 0 Å². The number of halogens is 1. The lowest BCUT2D eigenvalue weighted by Crippen LogP contribution is -2.41. The van der Waals surface area contributed by atoms with Gasteiger partial charge in [-0.05, 0) is 41.8 Å². The first-order chi connectivity index (χ1) is 8.96. The minimum absolute atomic E-state index is 0.489. The van der Waals surface area contributed by atoms with E-state index in [4.69, 9.17) is 0 Å². The molecular formula is C13H16BrN3O2. The van der Waals surface area contributed by atoms with E-state index in [9.17, 15) is 9.90 Å². The summed E-state index contributed by atoms with van der Waals surface area (Å²) < 4.78 is 2.58. The third-order valence-electron chi connectivity index (χ3n) is 3.63. The van der Waals surface area contributed by atoms with Crippen molar-refractivity contribution in [1.82, 2.24) is 14.5 Å². The van der Waals surface area contributed by atoms with Gasteiger partial charge in [0.15, 0.2) is 5.65 Å². The maximum absolute atomic E-state index is 11.8. The molecule has 0 aliphatic carbocycles. The molecule has 102 valence electrons. The van der Waals surface area contributed by atoms with Crippen LogP contribution in [0.4, 0.5) is 0 Å². The van der Waals surface area contributed by atoms with Crippen LogP contribution in [0.25, 0.3) is 11.2 Å². The van der Waals surface area contributed by atoms with Crippen LogP contribution in [0.15, 0.2) is 16.7 Å². The number of hydrogen-bond donors (Lipinski definition) is 1. The molecule has 0 amide bonds. The quantitative estimate of drug-likeness (QED) is 0.937. The molecule has 6 heteroatoms. The number of carbonyl (C=O) groups is 1. The average molecular weight is 326 g/mol. The highest BCUT2D eigenvalue weighted by Gasteiger charge is 2.39. The van der Waals surface area contributed by atoms with Crippen LogP contribution in [0.3, 0.4) is 0 Å². The Morgan fingerprint density at radius 2 is 2.11 bits per heavy atom. The number of aryl methyl sites for hydroxylation is 1. The Morgan fingerprint density at radius 1 is 1.47 bits per heavy atom. The summed E-state index contributed by atoms with van der Waals surface area (Å²) in [5.74, 6) is -0.170. The Bertz CT molecular complexity index is 632. The lowest BCUT2D eigenvalue weighted by molar-refractivity contribution is -0.148. The van der Waals surface area contributed by atoms with Crippen LogP contribution in [-0.2, 0) is 10.3 Å². The van der Waals surface area contributed by atoms with Gasteiger partial charge in [0.25, 0.3) is 0 Å². The van der Waals surface area contributed by atoms with Crippen molar-refractivity contribution in [2.75, 3.05) is 0 Å². The Morgan fingerprint density at radius 3 is 2.63 bits per heavy atom. The molecule has 0 fully saturated rings. The maximum atomic E-state index is 11.8. The molecule has 0 atom stereocenters. The lowest BCUT2D eigenvalue weighted by atomic mass is 9.92. The monoisotopic (exact) mass is 325 g/mol. The molecule has 0 radical (unpaired) electrons. The van der Waals surface area contributed by atoms with Crippen molar-refractivity contribution < 1.29 is 9.90 Å².